The molecule has 3 unspecified atom stereocenters. The molecule has 2 aliphatic rings. The van der Waals surface area contributed by atoms with E-state index >= 15 is 0 Å². The maximum Gasteiger partial charge on any atom is 0.220 e. The Kier molecular flexibility index (Phi) is 6.18. The van der Waals surface area contributed by atoms with Crippen molar-refractivity contribution in [1.82, 2.24) is 5.32 Å². The van der Waals surface area contributed by atoms with Gasteiger partial charge in [0.05, 0.1) is 12.2 Å². The number of rotatable bonds is 6. The van der Waals surface area contributed by atoms with E-state index < -0.39 is 0 Å². The average Bonchev–Trinajstić information content (AvgIpc) is 2.80. The van der Waals surface area contributed by atoms with Crippen LogP contribution in [0.2, 0.25) is 0 Å². The highest BCUT2D eigenvalue weighted by atomic mass is 16.3. The van der Waals surface area contributed by atoms with E-state index in [1.807, 2.05) is 0 Å². The lowest BCUT2D eigenvalue weighted by molar-refractivity contribution is -0.123. The zero-order valence-corrected chi connectivity index (χ0v) is 12.5. The Bertz CT molecular complexity index is 352. The van der Waals surface area contributed by atoms with Crippen LogP contribution in [0, 0.1) is 11.8 Å². The number of carbonyl (C=O) groups excluding carboxylic acids is 2. The summed E-state index contributed by atoms with van der Waals surface area (Å²) in [6, 6.07) is 0.0333. The van der Waals surface area contributed by atoms with Gasteiger partial charge in [-0.2, -0.15) is 0 Å². The van der Waals surface area contributed by atoms with Gasteiger partial charge in [-0.05, 0) is 50.9 Å². The van der Waals surface area contributed by atoms with Crippen molar-refractivity contribution in [3.63, 3.8) is 0 Å². The van der Waals surface area contributed by atoms with Crippen LogP contribution in [0.3, 0.4) is 0 Å². The van der Waals surface area contributed by atoms with Crippen LogP contribution in [0.5, 0.6) is 0 Å². The summed E-state index contributed by atoms with van der Waals surface area (Å²) in [5, 5.41) is 22.7. The van der Waals surface area contributed by atoms with Crippen LogP contribution in [-0.2, 0) is 9.59 Å². The van der Waals surface area contributed by atoms with E-state index in [1.165, 1.54) is 0 Å². The van der Waals surface area contributed by atoms with E-state index in [4.69, 9.17) is 0 Å². The van der Waals surface area contributed by atoms with E-state index in [-0.39, 0.29) is 42.9 Å². The fourth-order valence-electron chi connectivity index (χ4n) is 3.78. The second kappa shape index (κ2) is 7.90. The van der Waals surface area contributed by atoms with Crippen molar-refractivity contribution in [2.45, 2.75) is 76.0 Å². The number of aldehydes is 1. The van der Waals surface area contributed by atoms with E-state index in [0.717, 1.165) is 51.2 Å². The van der Waals surface area contributed by atoms with Gasteiger partial charge < -0.3 is 20.3 Å². The molecule has 0 aliphatic heterocycles. The Hall–Kier alpha value is -0.940. The minimum absolute atomic E-state index is 0.0333. The normalized spacial score (nSPS) is 36.4. The molecule has 2 aliphatic carbocycles. The second-order valence-electron chi connectivity index (χ2n) is 6.60. The van der Waals surface area contributed by atoms with Crippen LogP contribution in [0.4, 0.5) is 0 Å². The Labute approximate surface area is 126 Å². The average molecular weight is 297 g/mol. The number of carbonyl (C=O) groups is 2. The first kappa shape index (κ1) is 16.4. The lowest BCUT2D eigenvalue weighted by Crippen LogP contribution is -2.40. The topological polar surface area (TPSA) is 86.6 Å². The van der Waals surface area contributed by atoms with E-state index in [1.54, 1.807) is 0 Å². The summed E-state index contributed by atoms with van der Waals surface area (Å²) in [5.41, 5.74) is 0. The van der Waals surface area contributed by atoms with Crippen molar-refractivity contribution in [3.8, 4) is 0 Å². The molecule has 3 atom stereocenters. The number of aliphatic hydroxyl groups is 2. The fraction of sp³-hybridized carbons (Fsp3) is 0.875. The highest BCUT2D eigenvalue weighted by molar-refractivity contribution is 5.78. The Morgan fingerprint density at radius 1 is 1.10 bits per heavy atom. The minimum Gasteiger partial charge on any atom is -0.393 e. The summed E-state index contributed by atoms with van der Waals surface area (Å²) in [5.74, 6) is 0.566. The quantitative estimate of drug-likeness (QED) is 0.642. The molecule has 0 aromatic heterocycles. The van der Waals surface area contributed by atoms with Crippen molar-refractivity contribution < 1.29 is 19.8 Å². The molecule has 120 valence electrons. The smallest absolute Gasteiger partial charge is 0.220 e. The lowest BCUT2D eigenvalue weighted by Gasteiger charge is -2.31. The van der Waals surface area contributed by atoms with Crippen LogP contribution >= 0.6 is 0 Å². The third kappa shape index (κ3) is 4.78. The molecule has 0 radical (unpaired) electrons. The van der Waals surface area contributed by atoms with Crippen molar-refractivity contribution in [1.29, 1.82) is 0 Å². The van der Waals surface area contributed by atoms with E-state index in [0.29, 0.717) is 5.92 Å². The Morgan fingerprint density at radius 3 is 2.48 bits per heavy atom. The number of hydrogen-bond acceptors (Lipinski definition) is 4. The molecule has 5 nitrogen and oxygen atoms in total. The minimum atomic E-state index is -0.340. The third-order valence-corrected chi connectivity index (χ3v) is 5.04. The predicted molar refractivity (Wildman–Crippen MR) is 78.5 cm³/mol. The summed E-state index contributed by atoms with van der Waals surface area (Å²) in [6.07, 6.45) is 6.94. The largest absolute Gasteiger partial charge is 0.393 e. The summed E-state index contributed by atoms with van der Waals surface area (Å²) >= 11 is 0. The lowest BCUT2D eigenvalue weighted by atomic mass is 9.79. The summed E-state index contributed by atoms with van der Waals surface area (Å²) < 4.78 is 0. The summed E-state index contributed by atoms with van der Waals surface area (Å²) in [6.45, 7) is 0. The van der Waals surface area contributed by atoms with Gasteiger partial charge in [-0.1, -0.05) is 0 Å². The molecule has 0 saturated heterocycles. The molecular formula is C16H27NO4. The standard InChI is InChI=1S/C16H27NO4/c18-9-1-2-16(21)17-14-7-8-15(20)13(14)10-11-3-5-12(19)6-4-11/h9,11-15,19-20H,1-8,10H2,(H,17,21). The van der Waals surface area contributed by atoms with Gasteiger partial charge >= 0.3 is 0 Å². The first-order chi connectivity index (χ1) is 10.1. The maximum absolute atomic E-state index is 11.8. The van der Waals surface area contributed by atoms with Crippen LogP contribution in [0.1, 0.15) is 57.8 Å². The maximum atomic E-state index is 11.8. The van der Waals surface area contributed by atoms with Gasteiger partial charge in [-0.15, -0.1) is 0 Å². The highest BCUT2D eigenvalue weighted by Crippen LogP contribution is 2.36. The molecule has 0 spiro atoms. The SMILES string of the molecule is O=CCCC(=O)NC1CCC(O)C1CC1CCC(O)CC1. The Morgan fingerprint density at radius 2 is 1.81 bits per heavy atom. The molecule has 5 heteroatoms. The van der Waals surface area contributed by atoms with Crippen molar-refractivity contribution in [3.05, 3.63) is 0 Å². The molecule has 0 aromatic carbocycles. The predicted octanol–water partition coefficient (Wildman–Crippen LogP) is 1.16. The van der Waals surface area contributed by atoms with Crippen LogP contribution in [0.25, 0.3) is 0 Å². The molecule has 2 fully saturated rings. The second-order valence-corrected chi connectivity index (χ2v) is 6.60. The van der Waals surface area contributed by atoms with Gasteiger partial charge in [0.25, 0.3) is 0 Å². The van der Waals surface area contributed by atoms with Gasteiger partial charge in [-0.3, -0.25) is 4.79 Å². The van der Waals surface area contributed by atoms with E-state index in [9.17, 15) is 19.8 Å². The molecule has 2 saturated carbocycles. The fourth-order valence-corrected chi connectivity index (χ4v) is 3.78. The summed E-state index contributed by atoms with van der Waals surface area (Å²) in [4.78, 5) is 22.1. The van der Waals surface area contributed by atoms with Gasteiger partial charge in [0.15, 0.2) is 0 Å². The Balaban J connectivity index is 1.83. The van der Waals surface area contributed by atoms with Crippen molar-refractivity contribution >= 4 is 12.2 Å². The molecule has 21 heavy (non-hydrogen) atoms. The number of aliphatic hydroxyl groups excluding tert-OH is 2. The molecule has 3 N–H and O–H groups in total. The first-order valence-electron chi connectivity index (χ1n) is 8.19. The van der Waals surface area contributed by atoms with Crippen LogP contribution in [-0.4, -0.2) is 40.7 Å². The molecule has 0 bridgehead atoms. The number of amides is 1. The van der Waals surface area contributed by atoms with Crippen molar-refractivity contribution in [2.75, 3.05) is 0 Å². The van der Waals surface area contributed by atoms with Gasteiger partial charge in [0, 0.05) is 24.8 Å². The summed E-state index contributed by atoms with van der Waals surface area (Å²) in [7, 11) is 0. The third-order valence-electron chi connectivity index (χ3n) is 5.04. The highest BCUT2D eigenvalue weighted by Gasteiger charge is 2.37. The van der Waals surface area contributed by atoms with Crippen LogP contribution in [0.15, 0.2) is 0 Å². The van der Waals surface area contributed by atoms with Gasteiger partial charge in [0.2, 0.25) is 5.91 Å². The van der Waals surface area contributed by atoms with E-state index in [2.05, 4.69) is 5.32 Å². The molecule has 1 amide bonds. The first-order valence-corrected chi connectivity index (χ1v) is 8.19. The zero-order valence-electron chi connectivity index (χ0n) is 12.5. The number of hydrogen-bond donors (Lipinski definition) is 3. The molecule has 0 heterocycles. The molecule has 2 rings (SSSR count). The van der Waals surface area contributed by atoms with Gasteiger partial charge in [-0.25, -0.2) is 0 Å². The van der Waals surface area contributed by atoms with Crippen LogP contribution < -0.4 is 5.32 Å². The zero-order chi connectivity index (χ0) is 15.2. The van der Waals surface area contributed by atoms with Crippen molar-refractivity contribution in [2.24, 2.45) is 11.8 Å². The number of nitrogens with one attached hydrogen (secondary N) is 1. The monoisotopic (exact) mass is 297 g/mol. The molecular weight excluding hydrogens is 270 g/mol. The van der Waals surface area contributed by atoms with Gasteiger partial charge in [0.1, 0.15) is 6.29 Å². The molecule has 0 aromatic rings.